The SMILES string of the molecule is COc1ccc(C2NNCC2C(=O)Nc2ccc3ncn(C(C)C)c(=O)c3c2)cc1. The molecular formula is C22H25N5O3. The van der Waals surface area contributed by atoms with Crippen LogP contribution in [0.1, 0.15) is 31.5 Å². The van der Waals surface area contributed by atoms with E-state index in [0.717, 1.165) is 11.3 Å². The lowest BCUT2D eigenvalue weighted by Gasteiger charge is -2.19. The van der Waals surface area contributed by atoms with Crippen molar-refractivity contribution in [3.63, 3.8) is 0 Å². The van der Waals surface area contributed by atoms with E-state index < -0.39 is 0 Å². The van der Waals surface area contributed by atoms with Crippen molar-refractivity contribution in [1.82, 2.24) is 20.4 Å². The minimum absolute atomic E-state index is 0.00791. The molecule has 30 heavy (non-hydrogen) atoms. The third kappa shape index (κ3) is 3.79. The number of carbonyl (C=O) groups excluding carboxylic acids is 1. The molecule has 3 aromatic rings. The van der Waals surface area contributed by atoms with Crippen molar-refractivity contribution in [2.75, 3.05) is 19.0 Å². The van der Waals surface area contributed by atoms with E-state index in [4.69, 9.17) is 4.74 Å². The highest BCUT2D eigenvalue weighted by molar-refractivity contribution is 5.95. The van der Waals surface area contributed by atoms with Crippen molar-refractivity contribution in [1.29, 1.82) is 0 Å². The number of hydrazine groups is 1. The summed E-state index contributed by atoms with van der Waals surface area (Å²) < 4.78 is 6.79. The van der Waals surface area contributed by atoms with Crippen LogP contribution in [0.15, 0.2) is 53.6 Å². The Hall–Kier alpha value is -3.23. The van der Waals surface area contributed by atoms with Gasteiger partial charge < -0.3 is 10.1 Å². The smallest absolute Gasteiger partial charge is 0.261 e. The maximum atomic E-state index is 13.0. The zero-order valence-electron chi connectivity index (χ0n) is 17.2. The number of anilines is 1. The Kier molecular flexibility index (Phi) is 5.52. The fourth-order valence-corrected chi connectivity index (χ4v) is 3.68. The van der Waals surface area contributed by atoms with Gasteiger partial charge in [-0.05, 0) is 49.7 Å². The Morgan fingerprint density at radius 2 is 2.00 bits per heavy atom. The zero-order valence-corrected chi connectivity index (χ0v) is 17.2. The molecule has 1 aliphatic heterocycles. The Morgan fingerprint density at radius 3 is 2.70 bits per heavy atom. The standard InChI is InChI=1S/C22H25N5O3/c1-13(2)27-12-23-19-9-6-15(10-17(19)22(27)29)25-21(28)18-11-24-26-20(18)14-4-7-16(30-3)8-5-14/h4-10,12-13,18,20,24,26H,11H2,1-3H3,(H,25,28). The molecule has 1 aliphatic rings. The maximum absolute atomic E-state index is 13.0. The van der Waals surface area contributed by atoms with Gasteiger partial charge in [-0.3, -0.25) is 19.6 Å². The summed E-state index contributed by atoms with van der Waals surface area (Å²) >= 11 is 0. The normalized spacial score (nSPS) is 18.7. The predicted octanol–water partition coefficient (Wildman–Crippen LogP) is 2.39. The molecule has 0 bridgehead atoms. The van der Waals surface area contributed by atoms with Gasteiger partial charge in [0.2, 0.25) is 5.91 Å². The molecule has 1 fully saturated rings. The Balaban J connectivity index is 1.57. The highest BCUT2D eigenvalue weighted by Gasteiger charge is 2.34. The Labute approximate surface area is 174 Å². The van der Waals surface area contributed by atoms with Gasteiger partial charge in [-0.25, -0.2) is 10.4 Å². The number of aromatic nitrogens is 2. The molecule has 1 saturated heterocycles. The molecule has 4 rings (SSSR count). The summed E-state index contributed by atoms with van der Waals surface area (Å²) in [4.78, 5) is 30.1. The van der Waals surface area contributed by atoms with Crippen LogP contribution in [0.4, 0.5) is 5.69 Å². The van der Waals surface area contributed by atoms with E-state index in [1.807, 2.05) is 38.1 Å². The summed E-state index contributed by atoms with van der Waals surface area (Å²) in [6, 6.07) is 12.7. The van der Waals surface area contributed by atoms with Crippen molar-refractivity contribution in [3.05, 3.63) is 64.7 Å². The van der Waals surface area contributed by atoms with E-state index in [0.29, 0.717) is 23.1 Å². The summed E-state index contributed by atoms with van der Waals surface area (Å²) in [5.41, 5.74) is 8.29. The van der Waals surface area contributed by atoms with Gasteiger partial charge in [-0.2, -0.15) is 0 Å². The van der Waals surface area contributed by atoms with Gasteiger partial charge in [0.05, 0.1) is 36.3 Å². The largest absolute Gasteiger partial charge is 0.497 e. The van der Waals surface area contributed by atoms with Crippen molar-refractivity contribution in [3.8, 4) is 5.75 Å². The molecule has 2 aromatic carbocycles. The molecule has 0 radical (unpaired) electrons. The number of hydrogen-bond donors (Lipinski definition) is 3. The van der Waals surface area contributed by atoms with Crippen LogP contribution < -0.4 is 26.5 Å². The van der Waals surface area contributed by atoms with Crippen molar-refractivity contribution in [2.24, 2.45) is 5.92 Å². The van der Waals surface area contributed by atoms with Crippen molar-refractivity contribution >= 4 is 22.5 Å². The van der Waals surface area contributed by atoms with Gasteiger partial charge in [0.1, 0.15) is 5.75 Å². The van der Waals surface area contributed by atoms with Crippen LogP contribution in [-0.4, -0.2) is 29.1 Å². The van der Waals surface area contributed by atoms with E-state index in [-0.39, 0.29) is 29.5 Å². The number of nitrogens with zero attached hydrogens (tertiary/aromatic N) is 2. The number of ether oxygens (including phenoxy) is 1. The molecule has 8 nitrogen and oxygen atoms in total. The third-order valence-corrected chi connectivity index (χ3v) is 5.40. The Morgan fingerprint density at radius 1 is 1.23 bits per heavy atom. The van der Waals surface area contributed by atoms with Crippen LogP contribution in [0.5, 0.6) is 5.75 Å². The van der Waals surface area contributed by atoms with E-state index in [9.17, 15) is 9.59 Å². The van der Waals surface area contributed by atoms with Crippen LogP contribution in [0.2, 0.25) is 0 Å². The quantitative estimate of drug-likeness (QED) is 0.601. The molecule has 1 amide bonds. The first-order valence-electron chi connectivity index (χ1n) is 9.92. The van der Waals surface area contributed by atoms with Gasteiger partial charge in [0.15, 0.2) is 0 Å². The van der Waals surface area contributed by atoms with E-state index >= 15 is 0 Å². The molecule has 2 heterocycles. The topological polar surface area (TPSA) is 97.3 Å². The summed E-state index contributed by atoms with van der Waals surface area (Å²) in [7, 11) is 1.62. The molecule has 2 atom stereocenters. The molecule has 156 valence electrons. The monoisotopic (exact) mass is 407 g/mol. The summed E-state index contributed by atoms with van der Waals surface area (Å²) in [6.45, 7) is 4.36. The van der Waals surface area contributed by atoms with Crippen LogP contribution in [-0.2, 0) is 4.79 Å². The molecule has 2 unspecified atom stereocenters. The number of nitrogens with one attached hydrogen (secondary N) is 3. The predicted molar refractivity (Wildman–Crippen MR) is 115 cm³/mol. The molecule has 0 saturated carbocycles. The summed E-state index contributed by atoms with van der Waals surface area (Å²) in [5.74, 6) is 0.332. The summed E-state index contributed by atoms with van der Waals surface area (Å²) in [6.07, 6.45) is 1.56. The highest BCUT2D eigenvalue weighted by atomic mass is 16.5. The zero-order chi connectivity index (χ0) is 21.3. The maximum Gasteiger partial charge on any atom is 0.261 e. The number of hydrogen-bond acceptors (Lipinski definition) is 6. The number of rotatable bonds is 5. The van der Waals surface area contributed by atoms with Gasteiger partial charge in [-0.15, -0.1) is 0 Å². The molecular weight excluding hydrogens is 382 g/mol. The fraction of sp³-hybridized carbons (Fsp3) is 0.318. The number of benzene rings is 2. The first kappa shape index (κ1) is 20.1. The molecule has 0 spiro atoms. The van der Waals surface area contributed by atoms with Crippen LogP contribution in [0, 0.1) is 5.92 Å². The Bertz CT molecular complexity index is 1120. The van der Waals surface area contributed by atoms with Crippen LogP contribution in [0.3, 0.4) is 0 Å². The highest BCUT2D eigenvalue weighted by Crippen LogP contribution is 2.28. The average molecular weight is 407 g/mol. The first-order chi connectivity index (χ1) is 14.5. The van der Waals surface area contributed by atoms with Gasteiger partial charge >= 0.3 is 0 Å². The third-order valence-electron chi connectivity index (χ3n) is 5.40. The van der Waals surface area contributed by atoms with E-state index in [2.05, 4.69) is 21.2 Å². The second kappa shape index (κ2) is 8.25. The van der Waals surface area contributed by atoms with Gasteiger partial charge in [0, 0.05) is 18.3 Å². The second-order valence-electron chi connectivity index (χ2n) is 7.65. The lowest BCUT2D eigenvalue weighted by molar-refractivity contribution is -0.119. The molecule has 1 aromatic heterocycles. The first-order valence-corrected chi connectivity index (χ1v) is 9.92. The van der Waals surface area contributed by atoms with E-state index in [1.54, 1.807) is 36.2 Å². The van der Waals surface area contributed by atoms with Crippen LogP contribution in [0.25, 0.3) is 10.9 Å². The molecule has 0 aliphatic carbocycles. The van der Waals surface area contributed by atoms with Crippen LogP contribution >= 0.6 is 0 Å². The number of amides is 1. The number of fused-ring (bicyclic) bond motifs is 1. The second-order valence-corrected chi connectivity index (χ2v) is 7.65. The lowest BCUT2D eigenvalue weighted by atomic mass is 9.94. The minimum Gasteiger partial charge on any atom is -0.497 e. The fourth-order valence-electron chi connectivity index (χ4n) is 3.68. The molecule has 3 N–H and O–H groups in total. The average Bonchev–Trinajstić information content (AvgIpc) is 3.24. The van der Waals surface area contributed by atoms with Gasteiger partial charge in [-0.1, -0.05) is 12.1 Å². The van der Waals surface area contributed by atoms with E-state index in [1.165, 1.54) is 0 Å². The lowest BCUT2D eigenvalue weighted by Crippen LogP contribution is -2.29. The van der Waals surface area contributed by atoms with Crippen molar-refractivity contribution < 1.29 is 9.53 Å². The minimum atomic E-state index is -0.310. The van der Waals surface area contributed by atoms with Crippen molar-refractivity contribution in [2.45, 2.75) is 25.9 Å². The number of methoxy groups -OCH3 is 1. The summed E-state index contributed by atoms with van der Waals surface area (Å²) in [5, 5.41) is 3.44. The molecule has 8 heteroatoms. The number of carbonyl (C=O) groups is 1. The van der Waals surface area contributed by atoms with Gasteiger partial charge in [0.25, 0.3) is 5.56 Å².